The van der Waals surface area contributed by atoms with Crippen LogP contribution < -0.4 is 26.6 Å². The van der Waals surface area contributed by atoms with Crippen LogP contribution in [0.3, 0.4) is 0 Å². The van der Waals surface area contributed by atoms with E-state index >= 15 is 0 Å². The monoisotopic (exact) mass is 1530 g/mol. The number of aliphatic hydroxyl groups is 20. The van der Waals surface area contributed by atoms with Gasteiger partial charge in [-0.05, 0) is 0 Å². The van der Waals surface area contributed by atoms with Crippen molar-refractivity contribution in [3.05, 3.63) is 0 Å². The van der Waals surface area contributed by atoms with Crippen molar-refractivity contribution < 1.29 is 207 Å². The molecule has 0 aromatic rings. The quantitative estimate of drug-likeness (QED) is 0.0318. The Hall–Kier alpha value is -5.03. The molecule has 105 heavy (non-hydrogen) atoms. The lowest BCUT2D eigenvalue weighted by atomic mass is 9.88. The molecule has 0 radical (unpaired) electrons. The second kappa shape index (κ2) is 37.1. The zero-order valence-electron chi connectivity index (χ0n) is 56.6. The number of carboxylic acid groups (broad SMARTS) is 2. The van der Waals surface area contributed by atoms with Crippen LogP contribution in [0.1, 0.15) is 47.5 Å². The number of ether oxygens (including phenoxy) is 13. The molecule has 0 aromatic carbocycles. The molecular weight excluding hydrogens is 1440 g/mol. The lowest BCUT2D eigenvalue weighted by Crippen LogP contribution is -2.72. The highest BCUT2D eigenvalue weighted by Crippen LogP contribution is 2.42. The Morgan fingerprint density at radius 1 is 0.390 bits per heavy atom. The van der Waals surface area contributed by atoms with Gasteiger partial charge in [0.2, 0.25) is 29.5 Å². The number of carbonyl (C=O) groups excluding carboxylic acids is 5. The predicted octanol–water partition coefficient (Wildman–Crippen LogP) is -17.1. The molecule has 7 heterocycles. The zero-order chi connectivity index (χ0) is 78.3. The standard InChI is InChI=1S/C58H95N5O42/c1-15(70)59-29-20(75)6-57(55(89)90,102-46(29)34(79)22(77)8-64)104-48-37(82)25(11-67)96-53(41(48)86)99-43-27(13-69)98-51(31(40(43)85)61-17(3)72)93-14-28-39(84)44(32(50(88)94-28)62-18(4)73)100-52-33(63-19(5)74)45(36(81)24(10-66)95-52)101-54-42(87)49(38(83)26(12-68)97-54)105-58(56(91)92)7-21(76)30(60-16(2)71)47(103-58)35(80)23(78)9-65/h20-54,64-69,75-88H,6-14H2,1-5H3,(H,59,70)(H,60,71)(H,61,72)(H,62,73)(H,63,74)(H,89,90)(H,91,92)/t20-,21-,22+,23+,24+,25+,26+,27+,28+,29+,30+,31+,32+,33+,34+,35+,36+,37-,38-,39-,40+,41+,42+,43+,44+,45+,46+,47+,48-,49-,50-,51+,52-,53-,54-,57-,58-/m0/s1. The van der Waals surface area contributed by atoms with E-state index in [1.165, 1.54) is 0 Å². The second-order valence-electron chi connectivity index (χ2n) is 26.1. The number of aliphatic carboxylic acids is 2. The Morgan fingerprint density at radius 3 is 1.11 bits per heavy atom. The van der Waals surface area contributed by atoms with E-state index in [1.807, 2.05) is 0 Å². The van der Waals surface area contributed by atoms with Crippen molar-refractivity contribution in [3.8, 4) is 0 Å². The fourth-order valence-electron chi connectivity index (χ4n) is 13.3. The third-order valence-electron chi connectivity index (χ3n) is 18.5. The molecule has 7 aliphatic rings. The van der Waals surface area contributed by atoms with E-state index in [2.05, 4.69) is 26.6 Å². The maximum absolute atomic E-state index is 13.2. The number of carbonyl (C=O) groups is 7. The van der Waals surface area contributed by atoms with Crippen LogP contribution in [0.4, 0.5) is 0 Å². The van der Waals surface area contributed by atoms with Crippen LogP contribution in [0.2, 0.25) is 0 Å². The van der Waals surface area contributed by atoms with E-state index in [4.69, 9.17) is 61.6 Å². The number of hydrogen-bond donors (Lipinski definition) is 27. The van der Waals surface area contributed by atoms with Crippen molar-refractivity contribution in [2.24, 2.45) is 0 Å². The first-order valence-corrected chi connectivity index (χ1v) is 32.9. The van der Waals surface area contributed by atoms with E-state index in [1.54, 1.807) is 0 Å². The summed E-state index contributed by atoms with van der Waals surface area (Å²) in [4.78, 5) is 89.3. The third-order valence-corrected chi connectivity index (χ3v) is 18.5. The first-order valence-electron chi connectivity index (χ1n) is 32.9. The van der Waals surface area contributed by atoms with Gasteiger partial charge >= 0.3 is 11.9 Å². The molecule has 5 amide bonds. The lowest BCUT2D eigenvalue weighted by molar-refractivity contribution is -0.385. The fourth-order valence-corrected chi connectivity index (χ4v) is 13.3. The summed E-state index contributed by atoms with van der Waals surface area (Å²) in [5, 5.41) is 253. The van der Waals surface area contributed by atoms with Gasteiger partial charge < -0.3 is 201 Å². The first kappa shape index (κ1) is 87.2. The Morgan fingerprint density at radius 2 is 0.724 bits per heavy atom. The average molecular weight is 1530 g/mol. The Bertz CT molecular complexity index is 2900. The number of nitrogens with one attached hydrogen (secondary N) is 5. The molecule has 7 fully saturated rings. The van der Waals surface area contributed by atoms with Crippen LogP contribution in [-0.4, -0.2) is 426 Å². The first-order chi connectivity index (χ1) is 49.3. The molecule has 7 aliphatic heterocycles. The molecule has 0 unspecified atom stereocenters. The molecule has 604 valence electrons. The summed E-state index contributed by atoms with van der Waals surface area (Å²) in [7, 11) is 0. The molecule has 0 bridgehead atoms. The molecule has 37 atom stereocenters. The number of amides is 5. The fraction of sp³-hybridized carbons (Fsp3) is 0.879. The minimum Gasteiger partial charge on any atom is -0.477 e. The van der Waals surface area contributed by atoms with Crippen molar-refractivity contribution in [3.63, 3.8) is 0 Å². The molecule has 0 aliphatic carbocycles. The van der Waals surface area contributed by atoms with Crippen molar-refractivity contribution >= 4 is 41.5 Å². The summed E-state index contributed by atoms with van der Waals surface area (Å²) >= 11 is 0. The van der Waals surface area contributed by atoms with E-state index < -0.39 is 326 Å². The van der Waals surface area contributed by atoms with Crippen LogP contribution in [0.5, 0.6) is 0 Å². The van der Waals surface area contributed by atoms with Gasteiger partial charge in [-0.2, -0.15) is 0 Å². The summed E-state index contributed by atoms with van der Waals surface area (Å²) in [6.07, 6.45) is -67.3. The average Bonchev–Trinajstić information content (AvgIpc) is 0.759. The van der Waals surface area contributed by atoms with Crippen LogP contribution in [-0.2, 0) is 95.1 Å². The molecule has 47 nitrogen and oxygen atoms in total. The minimum absolute atomic E-state index is 0.852. The minimum atomic E-state index is -3.28. The lowest BCUT2D eigenvalue weighted by Gasteiger charge is -2.51. The molecule has 27 N–H and O–H groups in total. The SMILES string of the molecule is CC(=O)N[C@@H]1[C@@H](O[C@@H]2O[C@H](CO)[C@@H](O)[C@H](O[C@@H]3O[C@H](CO)[C@H](O)[C@H](O[C@]4(C(=O)O)C[C@H](O)[C@@H](NC(C)=O)[C@H]([C@H](O)[C@H](O)CO)O4)[C@H]3O)[C@H]2NC(C)=O)[C@@H](O)[C@@H](CO[C@@H]2O[C@H](CO)[C@@H](O[C@@H]3O[C@H](CO)[C@H](O)[C@H](O[C@]4(C(=O)O)C[C@H](O)[C@@H](NC(C)=O)[C@H]([C@H](O)[C@H](O)CO)O4)[C@H]3O)[C@H](O)[C@H]2NC(C)=O)O[C@@H]1O. The third kappa shape index (κ3) is 19.6. The van der Waals surface area contributed by atoms with Gasteiger partial charge in [0.25, 0.3) is 11.6 Å². The maximum atomic E-state index is 13.2. The van der Waals surface area contributed by atoms with Crippen molar-refractivity contribution in [1.29, 1.82) is 0 Å². The highest BCUT2D eigenvalue weighted by molar-refractivity contribution is 5.78. The maximum Gasteiger partial charge on any atom is 0.364 e. The van der Waals surface area contributed by atoms with Crippen LogP contribution in [0.15, 0.2) is 0 Å². The van der Waals surface area contributed by atoms with Crippen molar-refractivity contribution in [2.45, 2.75) is 273 Å². The van der Waals surface area contributed by atoms with Gasteiger partial charge in [0.15, 0.2) is 31.5 Å². The summed E-state index contributed by atoms with van der Waals surface area (Å²) in [5.74, 6) is -15.3. The van der Waals surface area contributed by atoms with Gasteiger partial charge in [-0.15, -0.1) is 0 Å². The number of aliphatic hydroxyl groups excluding tert-OH is 20. The topological polar surface area (TPSA) is 745 Å². The van der Waals surface area contributed by atoms with Gasteiger partial charge in [0.05, 0.1) is 70.5 Å². The van der Waals surface area contributed by atoms with Gasteiger partial charge in [0, 0.05) is 47.5 Å². The molecule has 7 saturated heterocycles. The summed E-state index contributed by atoms with van der Waals surface area (Å²) in [6, 6.07) is -9.17. The highest BCUT2D eigenvalue weighted by atomic mass is 16.8. The number of rotatable bonds is 30. The molecule has 47 heteroatoms. The smallest absolute Gasteiger partial charge is 0.364 e. The van der Waals surface area contributed by atoms with E-state index in [0.717, 1.165) is 34.6 Å². The van der Waals surface area contributed by atoms with E-state index in [0.29, 0.717) is 0 Å². The predicted molar refractivity (Wildman–Crippen MR) is 324 cm³/mol. The normalized spacial score (nSPS) is 43.6. The second-order valence-corrected chi connectivity index (χ2v) is 26.1. The molecule has 7 rings (SSSR count). The van der Waals surface area contributed by atoms with E-state index in [-0.39, 0.29) is 0 Å². The summed E-state index contributed by atoms with van der Waals surface area (Å²) in [5.41, 5.74) is 0. The summed E-state index contributed by atoms with van der Waals surface area (Å²) < 4.78 is 75.7. The van der Waals surface area contributed by atoms with Gasteiger partial charge in [-0.3, -0.25) is 24.0 Å². The summed E-state index contributed by atoms with van der Waals surface area (Å²) in [6.45, 7) is -3.35. The van der Waals surface area contributed by atoms with Crippen LogP contribution in [0, 0.1) is 0 Å². The van der Waals surface area contributed by atoms with Crippen molar-refractivity contribution in [2.75, 3.05) is 46.2 Å². The zero-order valence-corrected chi connectivity index (χ0v) is 56.6. The number of hydrogen-bond acceptors (Lipinski definition) is 40. The van der Waals surface area contributed by atoms with Crippen LogP contribution >= 0.6 is 0 Å². The Balaban J connectivity index is 1.13. The van der Waals surface area contributed by atoms with Gasteiger partial charge in [0.1, 0.15) is 159 Å². The van der Waals surface area contributed by atoms with Crippen LogP contribution in [0.25, 0.3) is 0 Å². The highest BCUT2D eigenvalue weighted by Gasteiger charge is 2.64. The van der Waals surface area contributed by atoms with Gasteiger partial charge in [-0.25, -0.2) is 9.59 Å². The Kier molecular flexibility index (Phi) is 30.8. The molecule has 0 spiro atoms. The molecular formula is C58H95N5O42. The largest absolute Gasteiger partial charge is 0.477 e. The number of carboxylic acids is 2. The van der Waals surface area contributed by atoms with Crippen molar-refractivity contribution in [1.82, 2.24) is 26.6 Å². The van der Waals surface area contributed by atoms with E-state index in [9.17, 15) is 146 Å². The molecule has 0 saturated carbocycles. The Labute approximate surface area is 593 Å². The van der Waals surface area contributed by atoms with Gasteiger partial charge in [-0.1, -0.05) is 0 Å². The molecule has 0 aromatic heterocycles.